The highest BCUT2D eigenvalue weighted by Crippen LogP contribution is 2.49. The van der Waals surface area contributed by atoms with Crippen LogP contribution in [0, 0.1) is 0 Å². The third-order valence-corrected chi connectivity index (χ3v) is 4.23. The van der Waals surface area contributed by atoms with Crippen LogP contribution >= 0.6 is 0 Å². The lowest BCUT2D eigenvalue weighted by Gasteiger charge is -2.21. The molecule has 0 fully saturated rings. The Balaban J connectivity index is 2.02. The lowest BCUT2D eigenvalue weighted by Crippen LogP contribution is -2.24. The number of anilines is 1. The average molecular weight is 289 g/mol. The number of aliphatic hydroxyl groups is 2. The predicted octanol–water partition coefficient (Wildman–Crippen LogP) is 3.10. The zero-order valence-corrected chi connectivity index (χ0v) is 11.8. The highest BCUT2D eigenvalue weighted by molar-refractivity contribution is 5.87. The molecule has 22 heavy (non-hydrogen) atoms. The van der Waals surface area contributed by atoms with Crippen LogP contribution in [0.1, 0.15) is 11.1 Å². The van der Waals surface area contributed by atoms with Gasteiger partial charge in [0.05, 0.1) is 0 Å². The summed E-state index contributed by atoms with van der Waals surface area (Å²) in [6.07, 6.45) is 0. The van der Waals surface area contributed by atoms with Gasteiger partial charge in [-0.25, -0.2) is 0 Å². The van der Waals surface area contributed by atoms with Crippen molar-refractivity contribution in [3.63, 3.8) is 0 Å². The number of nitrogen functional groups attached to an aromatic ring is 1. The van der Waals surface area contributed by atoms with E-state index in [0.29, 0.717) is 16.8 Å². The van der Waals surface area contributed by atoms with Gasteiger partial charge in [0.1, 0.15) is 0 Å². The van der Waals surface area contributed by atoms with E-state index in [9.17, 15) is 10.2 Å². The SMILES string of the molecule is Nc1ccc(-c2cccc3c2C(O)(O)c2ccccc2-3)cc1. The van der Waals surface area contributed by atoms with E-state index in [1.807, 2.05) is 60.7 Å². The molecule has 3 aromatic carbocycles. The van der Waals surface area contributed by atoms with Gasteiger partial charge in [-0.05, 0) is 34.4 Å². The van der Waals surface area contributed by atoms with Crippen LogP contribution in [0.5, 0.6) is 0 Å². The predicted molar refractivity (Wildman–Crippen MR) is 86.9 cm³/mol. The molecule has 0 saturated heterocycles. The molecule has 1 aliphatic rings. The van der Waals surface area contributed by atoms with Crippen LogP contribution in [0.2, 0.25) is 0 Å². The maximum Gasteiger partial charge on any atom is 0.219 e. The molecule has 0 amide bonds. The first-order valence-corrected chi connectivity index (χ1v) is 7.13. The van der Waals surface area contributed by atoms with Gasteiger partial charge in [-0.3, -0.25) is 0 Å². The zero-order valence-electron chi connectivity index (χ0n) is 11.8. The largest absolute Gasteiger partial charge is 0.399 e. The van der Waals surface area contributed by atoms with Crippen molar-refractivity contribution in [1.82, 2.24) is 0 Å². The molecule has 4 rings (SSSR count). The molecule has 0 spiro atoms. The maximum absolute atomic E-state index is 10.7. The summed E-state index contributed by atoms with van der Waals surface area (Å²) in [5.74, 6) is -1.98. The molecule has 3 heteroatoms. The molecule has 0 radical (unpaired) electrons. The van der Waals surface area contributed by atoms with E-state index >= 15 is 0 Å². The molecule has 3 nitrogen and oxygen atoms in total. The van der Waals surface area contributed by atoms with Crippen LogP contribution in [0.25, 0.3) is 22.3 Å². The normalized spacial score (nSPS) is 14.5. The standard InChI is InChI=1S/C19H15NO2/c20-13-10-8-12(9-11-13)14-5-3-6-16-15-4-1-2-7-17(15)19(21,22)18(14)16/h1-11,21-22H,20H2. The summed E-state index contributed by atoms with van der Waals surface area (Å²) in [4.78, 5) is 0. The Morgan fingerprint density at radius 3 is 2.09 bits per heavy atom. The van der Waals surface area contributed by atoms with Crippen molar-refractivity contribution in [3.05, 3.63) is 77.9 Å². The first-order valence-electron chi connectivity index (χ1n) is 7.13. The quantitative estimate of drug-likeness (QED) is 0.476. The van der Waals surface area contributed by atoms with Gasteiger partial charge < -0.3 is 15.9 Å². The van der Waals surface area contributed by atoms with E-state index < -0.39 is 5.79 Å². The monoisotopic (exact) mass is 289 g/mol. The first kappa shape index (κ1) is 13.1. The number of rotatable bonds is 1. The molecule has 3 aromatic rings. The van der Waals surface area contributed by atoms with E-state index in [0.717, 1.165) is 22.3 Å². The minimum Gasteiger partial charge on any atom is -0.399 e. The molecule has 0 atom stereocenters. The number of fused-ring (bicyclic) bond motifs is 3. The van der Waals surface area contributed by atoms with Crippen LogP contribution in [0.15, 0.2) is 66.7 Å². The summed E-state index contributed by atoms with van der Waals surface area (Å²) in [6, 6.07) is 20.5. The van der Waals surface area contributed by atoms with Gasteiger partial charge in [0.2, 0.25) is 5.79 Å². The minimum absolute atomic E-state index is 0.521. The molecular formula is C19H15NO2. The molecular weight excluding hydrogens is 274 g/mol. The molecule has 0 heterocycles. The van der Waals surface area contributed by atoms with E-state index in [-0.39, 0.29) is 0 Å². The van der Waals surface area contributed by atoms with Crippen molar-refractivity contribution in [2.45, 2.75) is 5.79 Å². The molecule has 0 unspecified atom stereocenters. The second-order valence-electron chi connectivity index (χ2n) is 5.57. The second kappa shape index (κ2) is 4.44. The lowest BCUT2D eigenvalue weighted by atomic mass is 9.93. The summed E-state index contributed by atoms with van der Waals surface area (Å²) in [6.45, 7) is 0. The van der Waals surface area contributed by atoms with E-state index in [1.165, 1.54) is 0 Å². The third-order valence-electron chi connectivity index (χ3n) is 4.23. The van der Waals surface area contributed by atoms with Crippen molar-refractivity contribution >= 4 is 5.69 Å². The van der Waals surface area contributed by atoms with Crippen LogP contribution in [0.3, 0.4) is 0 Å². The Hall–Kier alpha value is -2.62. The van der Waals surface area contributed by atoms with E-state index in [1.54, 1.807) is 6.07 Å². The number of hydrogen-bond acceptors (Lipinski definition) is 3. The lowest BCUT2D eigenvalue weighted by molar-refractivity contribution is -0.128. The molecule has 0 aliphatic heterocycles. The first-order chi connectivity index (χ1) is 10.6. The highest BCUT2D eigenvalue weighted by atomic mass is 16.5. The topological polar surface area (TPSA) is 66.5 Å². The van der Waals surface area contributed by atoms with Gasteiger partial charge >= 0.3 is 0 Å². The summed E-state index contributed by atoms with van der Waals surface area (Å²) in [7, 11) is 0. The number of hydrogen-bond donors (Lipinski definition) is 3. The molecule has 1 aliphatic carbocycles. The summed E-state index contributed by atoms with van der Waals surface area (Å²) >= 11 is 0. The van der Waals surface area contributed by atoms with Crippen molar-refractivity contribution < 1.29 is 10.2 Å². The van der Waals surface area contributed by atoms with Gasteiger partial charge in [0.15, 0.2) is 0 Å². The Kier molecular flexibility index (Phi) is 2.64. The Morgan fingerprint density at radius 1 is 0.682 bits per heavy atom. The van der Waals surface area contributed by atoms with Crippen LogP contribution in [0.4, 0.5) is 5.69 Å². The third kappa shape index (κ3) is 1.70. The Labute approximate surface area is 128 Å². The Morgan fingerprint density at radius 2 is 1.32 bits per heavy atom. The molecule has 0 bridgehead atoms. The Bertz CT molecular complexity index is 867. The van der Waals surface area contributed by atoms with Crippen molar-refractivity contribution in [2.75, 3.05) is 5.73 Å². The van der Waals surface area contributed by atoms with Crippen LogP contribution in [-0.2, 0) is 5.79 Å². The van der Waals surface area contributed by atoms with Gasteiger partial charge in [-0.1, -0.05) is 54.6 Å². The minimum atomic E-state index is -1.98. The molecule has 0 saturated carbocycles. The van der Waals surface area contributed by atoms with Crippen LogP contribution in [-0.4, -0.2) is 10.2 Å². The molecule has 4 N–H and O–H groups in total. The van der Waals surface area contributed by atoms with Gasteiger partial charge in [-0.2, -0.15) is 0 Å². The zero-order chi connectivity index (χ0) is 15.3. The summed E-state index contributed by atoms with van der Waals surface area (Å²) < 4.78 is 0. The summed E-state index contributed by atoms with van der Waals surface area (Å²) in [5.41, 5.74) is 10.9. The van der Waals surface area contributed by atoms with Gasteiger partial charge in [0.25, 0.3) is 0 Å². The smallest absolute Gasteiger partial charge is 0.219 e. The van der Waals surface area contributed by atoms with E-state index in [2.05, 4.69) is 0 Å². The van der Waals surface area contributed by atoms with Gasteiger partial charge in [-0.15, -0.1) is 0 Å². The maximum atomic E-state index is 10.7. The van der Waals surface area contributed by atoms with E-state index in [4.69, 9.17) is 5.73 Å². The van der Waals surface area contributed by atoms with Crippen LogP contribution < -0.4 is 5.73 Å². The fourth-order valence-electron chi connectivity index (χ4n) is 3.21. The van der Waals surface area contributed by atoms with Gasteiger partial charge in [0, 0.05) is 16.8 Å². The average Bonchev–Trinajstić information content (AvgIpc) is 2.77. The number of benzene rings is 3. The molecule has 0 aromatic heterocycles. The fourth-order valence-corrected chi connectivity index (χ4v) is 3.21. The summed E-state index contributed by atoms with van der Waals surface area (Å²) in [5, 5.41) is 21.5. The molecule has 108 valence electrons. The van der Waals surface area contributed by atoms with Crippen molar-refractivity contribution in [3.8, 4) is 22.3 Å². The second-order valence-corrected chi connectivity index (χ2v) is 5.57. The highest BCUT2D eigenvalue weighted by Gasteiger charge is 2.41. The number of nitrogens with two attached hydrogens (primary N) is 1. The van der Waals surface area contributed by atoms with Crippen molar-refractivity contribution in [2.24, 2.45) is 0 Å². The fraction of sp³-hybridized carbons (Fsp3) is 0.0526. The van der Waals surface area contributed by atoms with Crippen molar-refractivity contribution in [1.29, 1.82) is 0 Å².